The summed E-state index contributed by atoms with van der Waals surface area (Å²) < 4.78 is 25.1. The fraction of sp³-hybridized carbons (Fsp3) is 0.625. The second kappa shape index (κ2) is 7.20. The van der Waals surface area contributed by atoms with E-state index in [1.807, 2.05) is 6.07 Å². The number of hydrogen-bond donors (Lipinski definition) is 1. The van der Waals surface area contributed by atoms with Crippen LogP contribution in [0.25, 0.3) is 0 Å². The first-order valence-electron chi connectivity index (χ1n) is 7.38. The Labute approximate surface area is 126 Å². The Kier molecular flexibility index (Phi) is 5.56. The van der Waals surface area contributed by atoms with E-state index in [0.717, 1.165) is 5.69 Å². The lowest BCUT2D eigenvalue weighted by Crippen LogP contribution is -2.27. The van der Waals surface area contributed by atoms with E-state index < -0.39 is 0 Å². The lowest BCUT2D eigenvalue weighted by Gasteiger charge is -2.23. The van der Waals surface area contributed by atoms with Crippen LogP contribution in [0.3, 0.4) is 0 Å². The molecule has 2 atom stereocenters. The molecule has 0 bridgehead atoms. The van der Waals surface area contributed by atoms with Crippen molar-refractivity contribution < 1.29 is 13.9 Å². The summed E-state index contributed by atoms with van der Waals surface area (Å²) in [7, 11) is 3.37. The topological polar surface area (TPSA) is 33.7 Å². The van der Waals surface area contributed by atoms with Crippen molar-refractivity contribution >= 4 is 5.69 Å². The van der Waals surface area contributed by atoms with Gasteiger partial charge in [-0.1, -0.05) is 19.9 Å². The van der Waals surface area contributed by atoms with Gasteiger partial charge in [0.05, 0.1) is 0 Å². The average molecular weight is 296 g/mol. The molecular formula is C16H25FN2O2. The second-order valence-electron chi connectivity index (χ2n) is 5.73. The Morgan fingerprint density at radius 1 is 1.24 bits per heavy atom. The minimum atomic E-state index is -0.171. The van der Waals surface area contributed by atoms with E-state index in [0.29, 0.717) is 31.2 Å². The predicted molar refractivity (Wildman–Crippen MR) is 82.2 cm³/mol. The summed E-state index contributed by atoms with van der Waals surface area (Å²) in [5.74, 6) is -0.171. The molecule has 0 aliphatic carbocycles. The van der Waals surface area contributed by atoms with Crippen LogP contribution >= 0.6 is 0 Å². The quantitative estimate of drug-likeness (QED) is 0.872. The summed E-state index contributed by atoms with van der Waals surface area (Å²) in [6.45, 7) is 6.06. The molecule has 0 aromatic heterocycles. The first-order valence-corrected chi connectivity index (χ1v) is 7.38. The number of rotatable bonds is 6. The Balaban J connectivity index is 2.21. The molecule has 2 unspecified atom stereocenters. The van der Waals surface area contributed by atoms with Gasteiger partial charge >= 0.3 is 0 Å². The normalized spacial score (nSPS) is 22.3. The van der Waals surface area contributed by atoms with Crippen molar-refractivity contribution in [3.05, 3.63) is 29.6 Å². The highest BCUT2D eigenvalue weighted by Gasteiger charge is 2.34. The highest BCUT2D eigenvalue weighted by Crippen LogP contribution is 2.28. The van der Waals surface area contributed by atoms with Crippen molar-refractivity contribution in [3.63, 3.8) is 0 Å². The summed E-state index contributed by atoms with van der Waals surface area (Å²) in [4.78, 5) is 2.14. The van der Waals surface area contributed by atoms with E-state index in [-0.39, 0.29) is 18.0 Å². The summed E-state index contributed by atoms with van der Waals surface area (Å²) in [6.07, 6.45) is 0.0355. The molecule has 1 aliphatic rings. The third kappa shape index (κ3) is 3.73. The van der Waals surface area contributed by atoms with Gasteiger partial charge in [-0.25, -0.2) is 4.39 Å². The van der Waals surface area contributed by atoms with E-state index in [9.17, 15) is 4.39 Å². The Morgan fingerprint density at radius 3 is 2.38 bits per heavy atom. The van der Waals surface area contributed by atoms with Gasteiger partial charge in [-0.2, -0.15) is 0 Å². The molecule has 5 heteroatoms. The van der Waals surface area contributed by atoms with Crippen LogP contribution < -0.4 is 10.2 Å². The SMILES string of the molecule is COC1CN(c2cccc(F)c2CNC(C)C)CC1OC. The minimum absolute atomic E-state index is 0.0178. The maximum Gasteiger partial charge on any atom is 0.129 e. The van der Waals surface area contributed by atoms with Gasteiger partial charge in [0.1, 0.15) is 18.0 Å². The zero-order valence-electron chi connectivity index (χ0n) is 13.2. The van der Waals surface area contributed by atoms with Crippen LogP contribution in [0.2, 0.25) is 0 Å². The second-order valence-corrected chi connectivity index (χ2v) is 5.73. The zero-order chi connectivity index (χ0) is 15.4. The van der Waals surface area contributed by atoms with Crippen LogP contribution in [0, 0.1) is 5.82 Å². The molecule has 2 rings (SSSR count). The molecule has 1 aromatic rings. The van der Waals surface area contributed by atoms with Crippen LogP contribution in [0.5, 0.6) is 0 Å². The van der Waals surface area contributed by atoms with Crippen molar-refractivity contribution in [3.8, 4) is 0 Å². The third-order valence-corrected chi connectivity index (χ3v) is 3.94. The van der Waals surface area contributed by atoms with Crippen molar-refractivity contribution in [2.45, 2.75) is 38.6 Å². The Hall–Kier alpha value is -1.17. The maximum absolute atomic E-state index is 14.2. The molecule has 0 radical (unpaired) electrons. The number of methoxy groups -OCH3 is 2. The number of halogens is 1. The Morgan fingerprint density at radius 2 is 1.86 bits per heavy atom. The largest absolute Gasteiger partial charge is 0.377 e. The molecule has 1 aromatic carbocycles. The monoisotopic (exact) mass is 296 g/mol. The smallest absolute Gasteiger partial charge is 0.129 e. The number of nitrogens with one attached hydrogen (secondary N) is 1. The van der Waals surface area contributed by atoms with E-state index in [1.165, 1.54) is 6.07 Å². The summed E-state index contributed by atoms with van der Waals surface area (Å²) in [6, 6.07) is 5.55. The van der Waals surface area contributed by atoms with Gasteiger partial charge in [0.25, 0.3) is 0 Å². The number of hydrogen-bond acceptors (Lipinski definition) is 4. The van der Waals surface area contributed by atoms with Gasteiger partial charge in [0.15, 0.2) is 0 Å². The average Bonchev–Trinajstić information content (AvgIpc) is 2.88. The molecule has 4 nitrogen and oxygen atoms in total. The van der Waals surface area contributed by atoms with E-state index in [4.69, 9.17) is 9.47 Å². The van der Waals surface area contributed by atoms with Gasteiger partial charge in [-0.15, -0.1) is 0 Å². The van der Waals surface area contributed by atoms with Crippen LogP contribution in [0.1, 0.15) is 19.4 Å². The van der Waals surface area contributed by atoms with Crippen LogP contribution in [-0.2, 0) is 16.0 Å². The summed E-state index contributed by atoms with van der Waals surface area (Å²) in [5.41, 5.74) is 1.63. The van der Waals surface area contributed by atoms with E-state index in [2.05, 4.69) is 24.1 Å². The summed E-state index contributed by atoms with van der Waals surface area (Å²) in [5, 5.41) is 3.29. The highest BCUT2D eigenvalue weighted by molar-refractivity contribution is 5.55. The molecule has 0 spiro atoms. The summed E-state index contributed by atoms with van der Waals surface area (Å²) >= 11 is 0. The zero-order valence-corrected chi connectivity index (χ0v) is 13.2. The van der Waals surface area contributed by atoms with Crippen molar-refractivity contribution in [1.82, 2.24) is 5.32 Å². The first kappa shape index (κ1) is 16.2. The fourth-order valence-corrected chi connectivity index (χ4v) is 2.72. The van der Waals surface area contributed by atoms with Crippen molar-refractivity contribution in [2.24, 2.45) is 0 Å². The molecule has 1 N–H and O–H groups in total. The number of nitrogens with zero attached hydrogens (tertiary/aromatic N) is 1. The molecule has 1 aliphatic heterocycles. The third-order valence-electron chi connectivity index (χ3n) is 3.94. The lowest BCUT2D eigenvalue weighted by atomic mass is 10.1. The number of ether oxygens (including phenoxy) is 2. The predicted octanol–water partition coefficient (Wildman–Crippen LogP) is 2.17. The van der Waals surface area contributed by atoms with Gasteiger partial charge in [0.2, 0.25) is 0 Å². The van der Waals surface area contributed by atoms with Crippen molar-refractivity contribution in [2.75, 3.05) is 32.2 Å². The molecule has 118 valence electrons. The van der Waals surface area contributed by atoms with Crippen LogP contribution in [-0.4, -0.2) is 45.6 Å². The van der Waals surface area contributed by atoms with Gasteiger partial charge in [0, 0.05) is 51.1 Å². The Bertz CT molecular complexity index is 456. The van der Waals surface area contributed by atoms with Crippen LogP contribution in [0.15, 0.2) is 18.2 Å². The molecule has 0 saturated carbocycles. The molecule has 1 fully saturated rings. The molecule has 0 amide bonds. The van der Waals surface area contributed by atoms with Gasteiger partial charge in [-0.05, 0) is 12.1 Å². The minimum Gasteiger partial charge on any atom is -0.377 e. The van der Waals surface area contributed by atoms with Crippen molar-refractivity contribution in [1.29, 1.82) is 0 Å². The molecular weight excluding hydrogens is 271 g/mol. The highest BCUT2D eigenvalue weighted by atomic mass is 19.1. The van der Waals surface area contributed by atoms with E-state index >= 15 is 0 Å². The standard InChI is InChI=1S/C16H25FN2O2/c1-11(2)18-8-12-13(17)6-5-7-14(12)19-9-15(20-3)16(10-19)21-4/h5-7,11,15-16,18H,8-10H2,1-4H3. The fourth-order valence-electron chi connectivity index (χ4n) is 2.72. The lowest BCUT2D eigenvalue weighted by molar-refractivity contribution is -0.00461. The maximum atomic E-state index is 14.2. The first-order chi connectivity index (χ1) is 10.1. The van der Waals surface area contributed by atoms with Crippen LogP contribution in [0.4, 0.5) is 10.1 Å². The number of anilines is 1. The van der Waals surface area contributed by atoms with E-state index in [1.54, 1.807) is 20.3 Å². The van der Waals surface area contributed by atoms with Gasteiger partial charge < -0.3 is 19.7 Å². The molecule has 1 heterocycles. The van der Waals surface area contributed by atoms with Gasteiger partial charge in [-0.3, -0.25) is 0 Å². The molecule has 1 saturated heterocycles. The number of benzene rings is 1. The molecule has 21 heavy (non-hydrogen) atoms.